The summed E-state index contributed by atoms with van der Waals surface area (Å²) in [5, 5.41) is 0.478. The Morgan fingerprint density at radius 1 is 0.946 bits per heavy atom. The van der Waals surface area contributed by atoms with E-state index in [1.807, 2.05) is 69.3 Å². The number of hydrogen-bond acceptors (Lipinski definition) is 5. The number of rotatable bonds is 8. The molecule has 0 radical (unpaired) electrons. The molecule has 3 heterocycles. The summed E-state index contributed by atoms with van der Waals surface area (Å²) in [7, 11) is 0. The molecule has 6 nitrogen and oxygen atoms in total. The highest BCUT2D eigenvalue weighted by Crippen LogP contribution is 2.41. The fraction of sp³-hybridized carbons (Fsp3) is 0.323. The number of aromatic nitrogens is 1. The average molecular weight is 497 g/mol. The largest absolute Gasteiger partial charge is 0.494 e. The molecule has 0 bridgehead atoms. The smallest absolute Gasteiger partial charge is 0.296 e. The monoisotopic (exact) mass is 496 g/mol. The second kappa shape index (κ2) is 10.2. The Kier molecular flexibility index (Phi) is 6.83. The van der Waals surface area contributed by atoms with E-state index in [2.05, 4.69) is 11.9 Å². The predicted octanol–water partition coefficient (Wildman–Crippen LogP) is 6.82. The van der Waals surface area contributed by atoms with Gasteiger partial charge < -0.3 is 9.15 Å². The first-order valence-corrected chi connectivity index (χ1v) is 13.0. The Morgan fingerprint density at radius 3 is 2.43 bits per heavy atom. The molecule has 190 valence electrons. The minimum Gasteiger partial charge on any atom is -0.494 e. The molecule has 1 aliphatic rings. The molecule has 4 aromatic rings. The number of amides is 1. The van der Waals surface area contributed by atoms with E-state index in [9.17, 15) is 9.59 Å². The summed E-state index contributed by atoms with van der Waals surface area (Å²) in [6.07, 6.45) is 4.55. The van der Waals surface area contributed by atoms with Crippen molar-refractivity contribution in [1.82, 2.24) is 4.98 Å². The van der Waals surface area contributed by atoms with Crippen molar-refractivity contribution in [1.29, 1.82) is 0 Å². The third-order valence-electron chi connectivity index (χ3n) is 7.07. The van der Waals surface area contributed by atoms with Gasteiger partial charge in [-0.1, -0.05) is 44.4 Å². The van der Waals surface area contributed by atoms with Crippen LogP contribution in [0.3, 0.4) is 0 Å². The summed E-state index contributed by atoms with van der Waals surface area (Å²) in [5.74, 6) is 0.951. The molecule has 2 aromatic carbocycles. The zero-order valence-electron chi connectivity index (χ0n) is 21.8. The van der Waals surface area contributed by atoms with E-state index in [1.54, 1.807) is 11.0 Å². The highest BCUT2D eigenvalue weighted by molar-refractivity contribution is 6.10. The van der Waals surface area contributed by atoms with Crippen molar-refractivity contribution in [3.05, 3.63) is 98.5 Å². The molecular formula is C31H32N2O4. The molecule has 6 heteroatoms. The first-order chi connectivity index (χ1) is 17.9. The van der Waals surface area contributed by atoms with Gasteiger partial charge in [0.15, 0.2) is 5.43 Å². The van der Waals surface area contributed by atoms with Crippen molar-refractivity contribution in [2.75, 3.05) is 11.5 Å². The topological polar surface area (TPSA) is 72.6 Å². The third-order valence-corrected chi connectivity index (χ3v) is 7.07. The molecule has 37 heavy (non-hydrogen) atoms. The summed E-state index contributed by atoms with van der Waals surface area (Å²) < 4.78 is 12.1. The van der Waals surface area contributed by atoms with Crippen LogP contribution < -0.4 is 15.1 Å². The Morgan fingerprint density at radius 2 is 1.70 bits per heavy atom. The zero-order valence-corrected chi connectivity index (χ0v) is 21.8. The van der Waals surface area contributed by atoms with Crippen LogP contribution in [0.25, 0.3) is 11.0 Å². The summed E-state index contributed by atoms with van der Waals surface area (Å²) >= 11 is 0. The van der Waals surface area contributed by atoms with E-state index < -0.39 is 6.04 Å². The molecule has 5 rings (SSSR count). The Labute approximate surface area is 216 Å². The van der Waals surface area contributed by atoms with Gasteiger partial charge in [0.2, 0.25) is 5.76 Å². The Bertz CT molecular complexity index is 1520. The van der Waals surface area contributed by atoms with E-state index in [0.29, 0.717) is 29.0 Å². The SMILES string of the molecule is CCCCCCOc1ccc([C@@H]2c3c(oc4cc(C)c(C)cc4c3=O)C(=O)N2c2cccc(C)n2)cc1. The van der Waals surface area contributed by atoms with Gasteiger partial charge >= 0.3 is 0 Å². The maximum Gasteiger partial charge on any atom is 0.296 e. The molecule has 0 unspecified atom stereocenters. The standard InChI is InChI=1S/C31H32N2O4/c1-5-6-7-8-16-36-23-14-12-22(13-15-23)28-27-29(34)24-17-19(2)20(3)18-25(24)37-30(27)31(35)33(28)26-11-9-10-21(4)32-26/h9-15,17-18,28H,5-8,16H2,1-4H3/t28-/m1/s1. The van der Waals surface area contributed by atoms with Crippen molar-refractivity contribution in [3.8, 4) is 5.75 Å². The zero-order chi connectivity index (χ0) is 26.1. The lowest BCUT2D eigenvalue weighted by molar-refractivity contribution is 0.0970. The van der Waals surface area contributed by atoms with Crippen molar-refractivity contribution < 1.29 is 13.9 Å². The van der Waals surface area contributed by atoms with Gasteiger partial charge in [0, 0.05) is 5.69 Å². The van der Waals surface area contributed by atoms with Gasteiger partial charge in [-0.05, 0) is 80.3 Å². The number of carbonyl (C=O) groups is 1. The van der Waals surface area contributed by atoms with Crippen LogP contribution in [0, 0.1) is 20.8 Å². The van der Waals surface area contributed by atoms with Crippen LogP contribution in [-0.4, -0.2) is 17.5 Å². The van der Waals surface area contributed by atoms with Crippen LogP contribution in [0.4, 0.5) is 5.82 Å². The average Bonchev–Trinajstić information content (AvgIpc) is 3.18. The summed E-state index contributed by atoms with van der Waals surface area (Å²) in [6.45, 7) is 8.66. The number of benzene rings is 2. The minimum absolute atomic E-state index is 0.0744. The molecular weight excluding hydrogens is 464 g/mol. The number of aryl methyl sites for hydroxylation is 3. The van der Waals surface area contributed by atoms with Crippen LogP contribution in [0.2, 0.25) is 0 Å². The van der Waals surface area contributed by atoms with Crippen LogP contribution in [0.15, 0.2) is 63.8 Å². The quantitative estimate of drug-likeness (QED) is 0.250. The van der Waals surface area contributed by atoms with Crippen LogP contribution in [-0.2, 0) is 0 Å². The number of fused-ring (bicyclic) bond motifs is 2. The van der Waals surface area contributed by atoms with Crippen molar-refractivity contribution in [2.24, 2.45) is 0 Å². The molecule has 1 aliphatic heterocycles. The lowest BCUT2D eigenvalue weighted by Gasteiger charge is -2.24. The van der Waals surface area contributed by atoms with E-state index in [0.717, 1.165) is 41.0 Å². The third kappa shape index (κ3) is 4.64. The van der Waals surface area contributed by atoms with E-state index in [1.165, 1.54) is 12.8 Å². The van der Waals surface area contributed by atoms with Gasteiger partial charge in [0.1, 0.15) is 17.2 Å². The van der Waals surface area contributed by atoms with Gasteiger partial charge in [-0.25, -0.2) is 4.98 Å². The minimum atomic E-state index is -0.655. The second-order valence-corrected chi connectivity index (χ2v) is 9.80. The fourth-order valence-corrected chi connectivity index (χ4v) is 4.91. The Hall–Kier alpha value is -3.93. The normalized spacial score (nSPS) is 14.9. The van der Waals surface area contributed by atoms with E-state index in [-0.39, 0.29) is 17.1 Å². The lowest BCUT2D eigenvalue weighted by Crippen LogP contribution is -2.30. The first kappa shape index (κ1) is 24.8. The molecule has 0 fully saturated rings. The summed E-state index contributed by atoms with van der Waals surface area (Å²) in [6, 6.07) is 16.2. The van der Waals surface area contributed by atoms with Gasteiger partial charge in [0.05, 0.1) is 23.6 Å². The predicted molar refractivity (Wildman–Crippen MR) is 146 cm³/mol. The number of carbonyl (C=O) groups excluding carboxylic acids is 1. The van der Waals surface area contributed by atoms with E-state index in [4.69, 9.17) is 9.15 Å². The number of ether oxygens (including phenoxy) is 1. The van der Waals surface area contributed by atoms with Gasteiger partial charge in [0.25, 0.3) is 5.91 Å². The van der Waals surface area contributed by atoms with Crippen LogP contribution >= 0.6 is 0 Å². The molecule has 2 aromatic heterocycles. The summed E-state index contributed by atoms with van der Waals surface area (Å²) in [4.78, 5) is 33.8. The molecule has 0 aliphatic carbocycles. The van der Waals surface area contributed by atoms with Crippen LogP contribution in [0.1, 0.15) is 77.2 Å². The number of nitrogens with zero attached hydrogens (tertiary/aromatic N) is 2. The number of hydrogen-bond donors (Lipinski definition) is 0. The number of anilines is 1. The molecule has 0 N–H and O–H groups in total. The number of pyridine rings is 1. The van der Waals surface area contributed by atoms with E-state index >= 15 is 0 Å². The number of unbranched alkanes of at least 4 members (excludes halogenated alkanes) is 3. The van der Waals surface area contributed by atoms with Crippen molar-refractivity contribution >= 4 is 22.7 Å². The van der Waals surface area contributed by atoms with Crippen molar-refractivity contribution in [3.63, 3.8) is 0 Å². The Balaban J connectivity index is 1.59. The maximum absolute atomic E-state index is 13.9. The van der Waals surface area contributed by atoms with Gasteiger partial charge in [-0.3, -0.25) is 14.5 Å². The second-order valence-electron chi connectivity index (χ2n) is 9.80. The molecule has 0 saturated carbocycles. The van der Waals surface area contributed by atoms with Crippen LogP contribution in [0.5, 0.6) is 5.75 Å². The molecule has 0 saturated heterocycles. The molecule has 1 amide bonds. The molecule has 1 atom stereocenters. The van der Waals surface area contributed by atoms with Crippen molar-refractivity contribution in [2.45, 2.75) is 59.4 Å². The van der Waals surface area contributed by atoms with Gasteiger partial charge in [-0.15, -0.1) is 0 Å². The highest BCUT2D eigenvalue weighted by Gasteiger charge is 2.44. The highest BCUT2D eigenvalue weighted by atomic mass is 16.5. The maximum atomic E-state index is 13.9. The fourth-order valence-electron chi connectivity index (χ4n) is 4.91. The summed E-state index contributed by atoms with van der Waals surface area (Å²) in [5.41, 5.74) is 4.15. The van der Waals surface area contributed by atoms with Gasteiger partial charge in [-0.2, -0.15) is 0 Å². The molecule has 0 spiro atoms. The first-order valence-electron chi connectivity index (χ1n) is 13.0. The lowest BCUT2D eigenvalue weighted by atomic mass is 9.97.